The van der Waals surface area contributed by atoms with E-state index in [-0.39, 0.29) is 6.10 Å². The molecule has 94 valence electrons. The predicted molar refractivity (Wildman–Crippen MR) is 66.7 cm³/mol. The Morgan fingerprint density at radius 1 is 1.53 bits per heavy atom. The van der Waals surface area contributed by atoms with Crippen LogP contribution in [0.25, 0.3) is 0 Å². The monoisotopic (exact) mass is 235 g/mol. The zero-order chi connectivity index (χ0) is 12.3. The summed E-state index contributed by atoms with van der Waals surface area (Å²) >= 11 is 0. The third kappa shape index (κ3) is 3.48. The number of aryl methyl sites for hydroxylation is 1. The van der Waals surface area contributed by atoms with E-state index < -0.39 is 0 Å². The third-order valence-electron chi connectivity index (χ3n) is 2.90. The van der Waals surface area contributed by atoms with Gasteiger partial charge in [-0.2, -0.15) is 0 Å². The van der Waals surface area contributed by atoms with Crippen molar-refractivity contribution in [3.05, 3.63) is 23.8 Å². The Labute approximate surface area is 103 Å². The Bertz CT molecular complexity index is 367. The fourth-order valence-corrected chi connectivity index (χ4v) is 2.22. The molecule has 1 atom stereocenters. The van der Waals surface area contributed by atoms with Crippen LogP contribution in [0.15, 0.2) is 12.3 Å². The van der Waals surface area contributed by atoms with E-state index in [1.807, 2.05) is 19.2 Å². The molecule has 4 heteroatoms. The van der Waals surface area contributed by atoms with Crippen molar-refractivity contribution in [2.24, 2.45) is 5.92 Å². The summed E-state index contributed by atoms with van der Waals surface area (Å²) in [6, 6.07) is 1.95. The number of hydrogen-bond donors (Lipinski definition) is 0. The lowest BCUT2D eigenvalue weighted by Gasteiger charge is -2.33. The van der Waals surface area contributed by atoms with Gasteiger partial charge in [0.05, 0.1) is 12.3 Å². The van der Waals surface area contributed by atoms with Crippen LogP contribution >= 0.6 is 0 Å². The molecule has 0 aliphatic carbocycles. The molecular weight excluding hydrogens is 214 g/mol. The molecule has 1 fully saturated rings. The van der Waals surface area contributed by atoms with Crippen LogP contribution in [0.4, 0.5) is 0 Å². The lowest BCUT2D eigenvalue weighted by molar-refractivity contribution is -0.0353. The van der Waals surface area contributed by atoms with Crippen molar-refractivity contribution in [2.75, 3.05) is 26.2 Å². The summed E-state index contributed by atoms with van der Waals surface area (Å²) in [5.74, 6) is 1.51. The molecule has 1 aliphatic rings. The van der Waals surface area contributed by atoms with E-state index >= 15 is 0 Å². The van der Waals surface area contributed by atoms with Crippen LogP contribution in [0.1, 0.15) is 31.5 Å². The van der Waals surface area contributed by atoms with Gasteiger partial charge in [-0.15, -0.1) is 0 Å². The highest BCUT2D eigenvalue weighted by Crippen LogP contribution is 2.20. The Kier molecular flexibility index (Phi) is 4.07. The van der Waals surface area contributed by atoms with E-state index in [4.69, 9.17) is 4.74 Å². The fraction of sp³-hybridized carbons (Fsp3) is 0.692. The largest absolute Gasteiger partial charge is 0.369 e. The highest BCUT2D eigenvalue weighted by molar-refractivity contribution is 5.06. The van der Waals surface area contributed by atoms with Crippen molar-refractivity contribution in [3.8, 4) is 0 Å². The number of rotatable bonds is 3. The molecule has 4 nitrogen and oxygen atoms in total. The van der Waals surface area contributed by atoms with Gasteiger partial charge in [-0.3, -0.25) is 4.90 Å². The molecule has 1 aliphatic heterocycles. The molecule has 0 spiro atoms. The van der Waals surface area contributed by atoms with Crippen LogP contribution in [0.2, 0.25) is 0 Å². The summed E-state index contributed by atoms with van der Waals surface area (Å²) in [4.78, 5) is 11.0. The molecule has 2 heterocycles. The van der Waals surface area contributed by atoms with Gasteiger partial charge >= 0.3 is 0 Å². The molecule has 1 saturated heterocycles. The minimum Gasteiger partial charge on any atom is -0.369 e. The van der Waals surface area contributed by atoms with Gasteiger partial charge in [0.2, 0.25) is 0 Å². The van der Waals surface area contributed by atoms with E-state index in [9.17, 15) is 0 Å². The van der Waals surface area contributed by atoms with E-state index in [0.717, 1.165) is 37.8 Å². The summed E-state index contributed by atoms with van der Waals surface area (Å²) in [6.45, 7) is 10.3. The molecule has 17 heavy (non-hydrogen) atoms. The zero-order valence-electron chi connectivity index (χ0n) is 10.9. The van der Waals surface area contributed by atoms with Crippen molar-refractivity contribution in [2.45, 2.75) is 26.9 Å². The van der Waals surface area contributed by atoms with Crippen LogP contribution in [-0.4, -0.2) is 41.1 Å². The average molecular weight is 235 g/mol. The standard InChI is InChI=1S/C13H21N3O/c1-10(2)8-16-6-7-17-13(9-16)12-4-5-14-11(3)15-12/h4-5,10,13H,6-9H2,1-3H3/t13-/m1/s1. The Balaban J connectivity index is 2.02. The first kappa shape index (κ1) is 12.5. The maximum atomic E-state index is 5.80. The van der Waals surface area contributed by atoms with E-state index in [2.05, 4.69) is 28.7 Å². The van der Waals surface area contributed by atoms with E-state index in [1.165, 1.54) is 0 Å². The predicted octanol–water partition coefficient (Wildman–Crippen LogP) is 1.81. The van der Waals surface area contributed by atoms with Crippen molar-refractivity contribution >= 4 is 0 Å². The molecule has 0 radical (unpaired) electrons. The van der Waals surface area contributed by atoms with Crippen LogP contribution in [0.5, 0.6) is 0 Å². The summed E-state index contributed by atoms with van der Waals surface area (Å²) in [5.41, 5.74) is 1.01. The molecule has 1 aromatic rings. The maximum absolute atomic E-state index is 5.80. The first-order valence-electron chi connectivity index (χ1n) is 6.28. The fourth-order valence-electron chi connectivity index (χ4n) is 2.22. The second-order valence-corrected chi connectivity index (χ2v) is 5.04. The second kappa shape index (κ2) is 5.56. The van der Waals surface area contributed by atoms with Crippen molar-refractivity contribution < 1.29 is 4.74 Å². The molecule has 0 aromatic carbocycles. The van der Waals surface area contributed by atoms with Crippen LogP contribution < -0.4 is 0 Å². The second-order valence-electron chi connectivity index (χ2n) is 5.04. The minimum atomic E-state index is 0.101. The molecule has 1 aromatic heterocycles. The lowest BCUT2D eigenvalue weighted by atomic mass is 10.1. The molecule has 0 N–H and O–H groups in total. The van der Waals surface area contributed by atoms with Crippen molar-refractivity contribution in [1.29, 1.82) is 0 Å². The van der Waals surface area contributed by atoms with Crippen LogP contribution in [-0.2, 0) is 4.74 Å². The first-order chi connectivity index (χ1) is 8.15. The van der Waals surface area contributed by atoms with Gasteiger partial charge < -0.3 is 4.74 Å². The minimum absolute atomic E-state index is 0.101. The molecule has 2 rings (SSSR count). The van der Waals surface area contributed by atoms with E-state index in [0.29, 0.717) is 5.92 Å². The first-order valence-corrected chi connectivity index (χ1v) is 6.28. The zero-order valence-corrected chi connectivity index (χ0v) is 10.9. The molecule has 0 amide bonds. The van der Waals surface area contributed by atoms with E-state index in [1.54, 1.807) is 0 Å². The lowest BCUT2D eigenvalue weighted by Crippen LogP contribution is -2.40. The quantitative estimate of drug-likeness (QED) is 0.801. The normalized spacial score (nSPS) is 22.0. The highest BCUT2D eigenvalue weighted by atomic mass is 16.5. The number of hydrogen-bond acceptors (Lipinski definition) is 4. The molecule has 0 bridgehead atoms. The van der Waals surface area contributed by atoms with Gasteiger partial charge in [0, 0.05) is 25.8 Å². The van der Waals surface area contributed by atoms with Gasteiger partial charge in [0.25, 0.3) is 0 Å². The highest BCUT2D eigenvalue weighted by Gasteiger charge is 2.23. The number of morpholine rings is 1. The van der Waals surface area contributed by atoms with Crippen molar-refractivity contribution in [1.82, 2.24) is 14.9 Å². The van der Waals surface area contributed by atoms with Crippen molar-refractivity contribution in [3.63, 3.8) is 0 Å². The van der Waals surface area contributed by atoms with Crippen LogP contribution in [0.3, 0.4) is 0 Å². The van der Waals surface area contributed by atoms with Crippen LogP contribution in [0, 0.1) is 12.8 Å². The SMILES string of the molecule is Cc1nccc([C@H]2CN(CC(C)C)CCO2)n1. The van der Waals surface area contributed by atoms with Gasteiger partial charge in [-0.05, 0) is 18.9 Å². The maximum Gasteiger partial charge on any atom is 0.125 e. The van der Waals surface area contributed by atoms with Gasteiger partial charge in [0.1, 0.15) is 11.9 Å². The Morgan fingerprint density at radius 2 is 2.35 bits per heavy atom. The number of nitrogens with zero attached hydrogens (tertiary/aromatic N) is 3. The Hall–Kier alpha value is -1.00. The summed E-state index contributed by atoms with van der Waals surface area (Å²) in [7, 11) is 0. The summed E-state index contributed by atoms with van der Waals surface area (Å²) in [6.07, 6.45) is 1.91. The van der Waals surface area contributed by atoms with Gasteiger partial charge in [-0.1, -0.05) is 13.8 Å². The topological polar surface area (TPSA) is 38.2 Å². The molecule has 0 unspecified atom stereocenters. The smallest absolute Gasteiger partial charge is 0.125 e. The van der Waals surface area contributed by atoms with Gasteiger partial charge in [0.15, 0.2) is 0 Å². The summed E-state index contributed by atoms with van der Waals surface area (Å²) in [5, 5.41) is 0. The third-order valence-corrected chi connectivity index (χ3v) is 2.90. The number of ether oxygens (including phenoxy) is 1. The average Bonchev–Trinajstić information content (AvgIpc) is 2.28. The van der Waals surface area contributed by atoms with Gasteiger partial charge in [-0.25, -0.2) is 9.97 Å². The molecule has 0 saturated carbocycles. The Morgan fingerprint density at radius 3 is 3.06 bits per heavy atom. The number of aromatic nitrogens is 2. The molecular formula is C13H21N3O. The summed E-state index contributed by atoms with van der Waals surface area (Å²) < 4.78 is 5.80.